The van der Waals surface area contributed by atoms with Gasteiger partial charge in [-0.1, -0.05) is 13.8 Å². The molecule has 1 aromatic carbocycles. The Morgan fingerprint density at radius 2 is 2.00 bits per heavy atom. The number of halogens is 4. The van der Waals surface area contributed by atoms with Crippen molar-refractivity contribution in [2.75, 3.05) is 16.2 Å². The molecule has 1 atom stereocenters. The highest BCUT2D eigenvalue weighted by molar-refractivity contribution is 14.2. The number of hydrogen-bond acceptors (Lipinski definition) is 4. The van der Waals surface area contributed by atoms with Gasteiger partial charge in [-0.15, -0.1) is 0 Å². The Balaban J connectivity index is 0.00000145. The van der Waals surface area contributed by atoms with Crippen LogP contribution in [0.3, 0.4) is 0 Å². The largest absolute Gasteiger partial charge is 0.456 e. The van der Waals surface area contributed by atoms with Crippen LogP contribution in [0.15, 0.2) is 12.1 Å². The zero-order valence-corrected chi connectivity index (χ0v) is 25.4. The lowest BCUT2D eigenvalue weighted by molar-refractivity contribution is -0.121. The van der Waals surface area contributed by atoms with Gasteiger partial charge < -0.3 is 15.0 Å². The molecule has 2 aliphatic heterocycles. The summed E-state index contributed by atoms with van der Waals surface area (Å²) in [5.41, 5.74) is 1.24. The first-order valence-electron chi connectivity index (χ1n) is 9.57. The fourth-order valence-electron chi connectivity index (χ4n) is 3.38. The molecule has 0 aromatic heterocycles. The number of carbonyl (C=O) groups excluding carboxylic acids is 2. The normalized spacial score (nSPS) is 20.4. The number of alkyl halides is 2. The lowest BCUT2D eigenvalue weighted by Crippen LogP contribution is -2.51. The van der Waals surface area contributed by atoms with Crippen molar-refractivity contribution >= 4 is 108 Å². The molecule has 1 N–H and O–H groups in total. The number of amides is 2. The first-order chi connectivity index (χ1) is 13.6. The van der Waals surface area contributed by atoms with E-state index in [2.05, 4.69) is 41.8 Å². The zero-order valence-electron chi connectivity index (χ0n) is 16.8. The van der Waals surface area contributed by atoms with Crippen LogP contribution in [-0.2, 0) is 4.79 Å². The number of nitrogens with zero attached hydrogens (tertiary/aromatic N) is 2. The molecule has 29 heavy (non-hydrogen) atoms. The van der Waals surface area contributed by atoms with E-state index < -0.39 is 1.61 Å². The predicted molar refractivity (Wildman–Crippen MR) is 151 cm³/mol. The summed E-state index contributed by atoms with van der Waals surface area (Å²) < 4.78 is 7.28. The third kappa shape index (κ3) is 5.80. The number of benzene rings is 1. The van der Waals surface area contributed by atoms with Crippen LogP contribution in [0.1, 0.15) is 50.9 Å². The molecule has 2 aliphatic rings. The predicted octanol–water partition coefficient (Wildman–Crippen LogP) is 5.52. The van der Waals surface area contributed by atoms with Crippen LogP contribution in [0.5, 0.6) is 5.75 Å². The van der Waals surface area contributed by atoms with E-state index in [0.29, 0.717) is 17.0 Å². The van der Waals surface area contributed by atoms with Gasteiger partial charge in [-0.3, -0.25) is 9.59 Å². The Labute approximate surface area is 227 Å². The van der Waals surface area contributed by atoms with Gasteiger partial charge in [-0.05, 0) is 113 Å². The summed E-state index contributed by atoms with van der Waals surface area (Å²) in [5, 5.41) is 3.39. The van der Waals surface area contributed by atoms with Gasteiger partial charge in [0.25, 0.3) is 7.52 Å². The lowest BCUT2D eigenvalue weighted by atomic mass is 10.0. The maximum atomic E-state index is 13.5. The number of hydrogen-bond donors (Lipinski definition) is 1. The summed E-state index contributed by atoms with van der Waals surface area (Å²) in [4.78, 5) is 28.0. The second-order valence-corrected chi connectivity index (χ2v) is 14.0. The van der Waals surface area contributed by atoms with Crippen LogP contribution >= 0.6 is 90.6 Å². The maximum absolute atomic E-state index is 13.5. The van der Waals surface area contributed by atoms with Crippen LogP contribution in [0.25, 0.3) is 0 Å². The van der Waals surface area contributed by atoms with Crippen molar-refractivity contribution in [3.8, 4) is 5.75 Å². The zero-order chi connectivity index (χ0) is 21.9. The quantitative estimate of drug-likeness (QED) is 0.248. The van der Waals surface area contributed by atoms with Gasteiger partial charge in [0.05, 0.1) is 34.1 Å². The molecule has 1 unspecified atom stereocenters. The van der Waals surface area contributed by atoms with Crippen LogP contribution in [-0.4, -0.2) is 43.5 Å². The third-order valence-electron chi connectivity index (χ3n) is 4.61. The molecule has 0 bridgehead atoms. The van der Waals surface area contributed by atoms with Crippen molar-refractivity contribution < 1.29 is 14.3 Å². The minimum absolute atomic E-state index is 0.00364. The average Bonchev–Trinajstić information content (AvgIpc) is 2.68. The fourth-order valence-corrected chi connectivity index (χ4v) is 6.65. The second-order valence-electron chi connectivity index (χ2n) is 6.81. The van der Waals surface area contributed by atoms with E-state index >= 15 is 0 Å². The second kappa shape index (κ2) is 11.1. The standard InChI is InChI=1S/C17H19I4N3O3.C2H6/c1-9(2)23(10-4-3-5-22-8-10)15(25)11-6-13-14(7-12(11)18)27-17(19,20)16(26)24(13)21;1-2/h6-7,9-10,22H,3-5,8H2,1-2H3;1-2H3. The molecule has 2 amide bonds. The van der Waals surface area contributed by atoms with Gasteiger partial charge >= 0.3 is 5.91 Å². The first-order valence-corrected chi connectivity index (χ1v) is 13.8. The molecular weight excluding hydrogens is 826 g/mol. The van der Waals surface area contributed by atoms with Crippen molar-refractivity contribution in [2.45, 2.75) is 54.2 Å². The van der Waals surface area contributed by atoms with Crippen LogP contribution in [0.4, 0.5) is 5.69 Å². The van der Waals surface area contributed by atoms with E-state index in [-0.39, 0.29) is 23.9 Å². The molecule has 162 valence electrons. The van der Waals surface area contributed by atoms with E-state index in [1.54, 1.807) is 9.18 Å². The molecule has 1 saturated heterocycles. The SMILES string of the molecule is CC.CC(C)N(C(=O)c1cc2c(cc1I)OC(I)(I)C(=O)N2I)C1CCCNC1. The monoisotopic (exact) mass is 851 g/mol. The highest BCUT2D eigenvalue weighted by atomic mass is 127. The van der Waals surface area contributed by atoms with Crippen LogP contribution in [0, 0.1) is 3.57 Å². The van der Waals surface area contributed by atoms with Crippen LogP contribution in [0.2, 0.25) is 0 Å². The highest BCUT2D eigenvalue weighted by Gasteiger charge is 2.44. The fraction of sp³-hybridized carbons (Fsp3) is 0.579. The van der Waals surface area contributed by atoms with E-state index in [0.717, 1.165) is 29.5 Å². The Kier molecular flexibility index (Phi) is 10.0. The molecule has 0 spiro atoms. The number of carbonyl (C=O) groups is 2. The van der Waals surface area contributed by atoms with Crippen molar-refractivity contribution in [1.82, 2.24) is 10.2 Å². The Morgan fingerprint density at radius 3 is 2.55 bits per heavy atom. The Hall–Kier alpha value is 0.840. The Morgan fingerprint density at radius 1 is 1.34 bits per heavy atom. The molecule has 1 aromatic rings. The number of nitrogens with one attached hydrogen (secondary N) is 1. The van der Waals surface area contributed by atoms with E-state index in [1.807, 2.05) is 92.9 Å². The summed E-state index contributed by atoms with van der Waals surface area (Å²) in [7, 11) is 0. The molecule has 0 saturated carbocycles. The number of rotatable bonds is 3. The lowest BCUT2D eigenvalue weighted by Gasteiger charge is -2.38. The highest BCUT2D eigenvalue weighted by Crippen LogP contribution is 2.47. The summed E-state index contributed by atoms with van der Waals surface area (Å²) >= 11 is 8.15. The third-order valence-corrected chi connectivity index (χ3v) is 7.82. The number of piperidine rings is 1. The topological polar surface area (TPSA) is 61.9 Å². The van der Waals surface area contributed by atoms with Crippen molar-refractivity contribution in [1.29, 1.82) is 0 Å². The molecular formula is C19H25I4N3O3. The van der Waals surface area contributed by atoms with E-state index in [1.165, 1.54) is 0 Å². The summed E-state index contributed by atoms with van der Waals surface area (Å²) in [5.74, 6) is 0.460. The molecule has 0 aliphatic carbocycles. The van der Waals surface area contributed by atoms with Gasteiger partial charge in [0.15, 0.2) is 0 Å². The first kappa shape index (κ1) is 26.1. The van der Waals surface area contributed by atoms with E-state index in [4.69, 9.17) is 4.74 Å². The minimum Gasteiger partial charge on any atom is -0.456 e. The smallest absolute Gasteiger partial charge is 0.301 e. The van der Waals surface area contributed by atoms with Gasteiger partial charge in [0.1, 0.15) is 5.75 Å². The molecule has 0 radical (unpaired) electrons. The number of ether oxygens (including phenoxy) is 1. The van der Waals surface area contributed by atoms with Crippen molar-refractivity contribution in [3.05, 3.63) is 21.3 Å². The van der Waals surface area contributed by atoms with Gasteiger partial charge in [-0.25, -0.2) is 3.11 Å². The summed E-state index contributed by atoms with van der Waals surface area (Å²) in [6, 6.07) is 3.92. The minimum atomic E-state index is -0.976. The van der Waals surface area contributed by atoms with Gasteiger partial charge in [-0.2, -0.15) is 0 Å². The summed E-state index contributed by atoms with van der Waals surface area (Å²) in [6.45, 7) is 9.92. The van der Waals surface area contributed by atoms with Crippen LogP contribution < -0.4 is 13.2 Å². The molecule has 1 fully saturated rings. The number of anilines is 1. The Bertz CT molecular complexity index is 767. The van der Waals surface area contributed by atoms with Gasteiger partial charge in [0.2, 0.25) is 0 Å². The molecule has 10 heteroatoms. The van der Waals surface area contributed by atoms with E-state index in [9.17, 15) is 9.59 Å². The average molecular weight is 851 g/mol. The molecule has 2 heterocycles. The summed E-state index contributed by atoms with van der Waals surface area (Å²) in [6.07, 6.45) is 2.07. The molecule has 3 rings (SSSR count). The molecule has 6 nitrogen and oxygen atoms in total. The van der Waals surface area contributed by atoms with Crippen molar-refractivity contribution in [3.63, 3.8) is 0 Å². The van der Waals surface area contributed by atoms with Crippen molar-refractivity contribution in [2.24, 2.45) is 0 Å². The maximum Gasteiger partial charge on any atom is 0.301 e. The number of fused-ring (bicyclic) bond motifs is 1. The van der Waals surface area contributed by atoms with Gasteiger partial charge in [0, 0.05) is 22.2 Å².